The average Bonchev–Trinajstić information content (AvgIpc) is 2.69. The third-order valence-corrected chi connectivity index (χ3v) is 4.73. The van der Waals surface area contributed by atoms with E-state index >= 15 is 0 Å². The number of hydrogen-bond donors (Lipinski definition) is 1. The molecular formula is C14H19FN2O3S. The van der Waals surface area contributed by atoms with Crippen molar-refractivity contribution < 1.29 is 17.6 Å². The molecule has 1 fully saturated rings. The maximum absolute atomic E-state index is 13.9. The lowest BCUT2D eigenvalue weighted by molar-refractivity contribution is 0.0743. The zero-order valence-electron chi connectivity index (χ0n) is 12.3. The van der Waals surface area contributed by atoms with Gasteiger partial charge in [-0.3, -0.25) is 4.79 Å². The van der Waals surface area contributed by atoms with E-state index in [9.17, 15) is 17.6 Å². The summed E-state index contributed by atoms with van der Waals surface area (Å²) in [4.78, 5) is 13.6. The van der Waals surface area contributed by atoms with Crippen molar-refractivity contribution in [3.8, 4) is 0 Å². The normalized spacial score (nSPS) is 22.6. The molecule has 0 bridgehead atoms. The lowest BCUT2D eigenvalue weighted by atomic mass is 10.1. The van der Waals surface area contributed by atoms with Crippen LogP contribution in [0.1, 0.15) is 36.2 Å². The fourth-order valence-electron chi connectivity index (χ4n) is 2.82. The number of hydrogen-bond acceptors (Lipinski definition) is 3. The number of primary sulfonamides is 1. The van der Waals surface area contributed by atoms with E-state index in [2.05, 4.69) is 6.92 Å². The van der Waals surface area contributed by atoms with Crippen molar-refractivity contribution in [1.29, 1.82) is 0 Å². The summed E-state index contributed by atoms with van der Waals surface area (Å²) in [6.45, 7) is 6.02. The second kappa shape index (κ2) is 5.38. The highest BCUT2D eigenvalue weighted by Gasteiger charge is 2.31. The van der Waals surface area contributed by atoms with Crippen molar-refractivity contribution in [2.75, 3.05) is 6.54 Å². The molecular weight excluding hydrogens is 295 g/mol. The van der Waals surface area contributed by atoms with Crippen LogP contribution in [-0.4, -0.2) is 31.8 Å². The molecule has 0 saturated carbocycles. The number of amides is 1. The predicted molar refractivity (Wildman–Crippen MR) is 76.8 cm³/mol. The van der Waals surface area contributed by atoms with Crippen molar-refractivity contribution in [1.82, 2.24) is 4.90 Å². The van der Waals surface area contributed by atoms with E-state index in [-0.39, 0.29) is 23.1 Å². The van der Waals surface area contributed by atoms with Crippen molar-refractivity contribution in [2.24, 2.45) is 11.1 Å². The van der Waals surface area contributed by atoms with Crippen LogP contribution in [0.4, 0.5) is 4.39 Å². The van der Waals surface area contributed by atoms with Crippen LogP contribution in [0.25, 0.3) is 0 Å². The first-order valence-corrected chi connectivity index (χ1v) is 8.29. The number of rotatable bonds is 2. The van der Waals surface area contributed by atoms with Gasteiger partial charge in [0.2, 0.25) is 10.0 Å². The number of sulfonamides is 1. The van der Waals surface area contributed by atoms with E-state index in [1.165, 1.54) is 13.0 Å². The van der Waals surface area contributed by atoms with Crippen molar-refractivity contribution in [2.45, 2.75) is 38.1 Å². The van der Waals surface area contributed by atoms with Crippen molar-refractivity contribution >= 4 is 15.9 Å². The van der Waals surface area contributed by atoms with Gasteiger partial charge in [-0.1, -0.05) is 6.92 Å². The third kappa shape index (κ3) is 3.08. The number of aryl methyl sites for hydroxylation is 1. The Bertz CT molecular complexity index is 688. The summed E-state index contributed by atoms with van der Waals surface area (Å²) in [5.74, 6) is -0.806. The number of benzene rings is 1. The Hall–Kier alpha value is -1.47. The summed E-state index contributed by atoms with van der Waals surface area (Å²) in [5, 5.41) is 5.01. The van der Waals surface area contributed by atoms with Gasteiger partial charge in [-0.25, -0.2) is 17.9 Å². The van der Waals surface area contributed by atoms with Gasteiger partial charge in [-0.15, -0.1) is 0 Å². The number of carbonyl (C=O) groups excluding carboxylic acids is 1. The number of carbonyl (C=O) groups is 1. The Morgan fingerprint density at radius 3 is 2.48 bits per heavy atom. The van der Waals surface area contributed by atoms with E-state index in [4.69, 9.17) is 5.14 Å². The number of nitrogens with two attached hydrogens (primary N) is 1. The number of likely N-dealkylation sites (tertiary alicyclic amines) is 1. The largest absolute Gasteiger partial charge is 0.336 e. The van der Waals surface area contributed by atoms with E-state index in [0.29, 0.717) is 12.5 Å². The third-order valence-electron chi connectivity index (χ3n) is 3.82. The van der Waals surface area contributed by atoms with Crippen LogP contribution in [-0.2, 0) is 10.0 Å². The van der Waals surface area contributed by atoms with Crippen LogP contribution in [0.3, 0.4) is 0 Å². The minimum Gasteiger partial charge on any atom is -0.336 e. The highest BCUT2D eigenvalue weighted by molar-refractivity contribution is 7.89. The van der Waals surface area contributed by atoms with Gasteiger partial charge >= 0.3 is 0 Å². The molecule has 0 radical (unpaired) electrons. The van der Waals surface area contributed by atoms with Gasteiger partial charge in [0.25, 0.3) is 5.91 Å². The molecule has 1 aromatic carbocycles. The summed E-state index contributed by atoms with van der Waals surface area (Å²) in [7, 11) is -4.21. The Kier molecular flexibility index (Phi) is 4.08. The van der Waals surface area contributed by atoms with Crippen LogP contribution < -0.4 is 5.14 Å². The highest BCUT2D eigenvalue weighted by Crippen LogP contribution is 2.26. The summed E-state index contributed by atoms with van der Waals surface area (Å²) >= 11 is 0. The van der Waals surface area contributed by atoms with Gasteiger partial charge in [-0.05, 0) is 43.9 Å². The van der Waals surface area contributed by atoms with Crippen LogP contribution in [0, 0.1) is 18.7 Å². The highest BCUT2D eigenvalue weighted by atomic mass is 32.2. The van der Waals surface area contributed by atoms with Crippen molar-refractivity contribution in [3.05, 3.63) is 29.1 Å². The molecule has 2 rings (SSSR count). The molecule has 1 heterocycles. The van der Waals surface area contributed by atoms with Crippen LogP contribution >= 0.6 is 0 Å². The molecule has 0 aliphatic carbocycles. The molecule has 1 aromatic rings. The first kappa shape index (κ1) is 15.9. The SMILES string of the molecule is Cc1cc(C(=O)N2CC(C)CC2C)cc(S(N)(=O)=O)c1F. The second-order valence-electron chi connectivity index (χ2n) is 5.80. The van der Waals surface area contributed by atoms with E-state index in [0.717, 1.165) is 12.5 Å². The van der Waals surface area contributed by atoms with Gasteiger partial charge in [0.05, 0.1) is 0 Å². The first-order valence-electron chi connectivity index (χ1n) is 6.75. The van der Waals surface area contributed by atoms with Gasteiger partial charge in [0, 0.05) is 18.2 Å². The van der Waals surface area contributed by atoms with Gasteiger partial charge in [-0.2, -0.15) is 0 Å². The van der Waals surface area contributed by atoms with Crippen molar-refractivity contribution in [3.63, 3.8) is 0 Å². The lowest BCUT2D eigenvalue weighted by Gasteiger charge is -2.22. The number of halogens is 1. The Morgan fingerprint density at radius 2 is 2.00 bits per heavy atom. The molecule has 1 saturated heterocycles. The minimum atomic E-state index is -4.21. The fourth-order valence-corrected chi connectivity index (χ4v) is 3.52. The molecule has 21 heavy (non-hydrogen) atoms. The molecule has 0 spiro atoms. The van der Waals surface area contributed by atoms with Crippen LogP contribution in [0.15, 0.2) is 17.0 Å². The zero-order valence-corrected chi connectivity index (χ0v) is 13.1. The zero-order chi connectivity index (χ0) is 15.9. The predicted octanol–water partition coefficient (Wildman–Crippen LogP) is 1.65. The molecule has 116 valence electrons. The first-order chi connectivity index (χ1) is 9.61. The lowest BCUT2D eigenvalue weighted by Crippen LogP contribution is -2.34. The number of nitrogens with zero attached hydrogens (tertiary/aromatic N) is 1. The molecule has 1 aliphatic rings. The van der Waals surface area contributed by atoms with Crippen LogP contribution in [0.2, 0.25) is 0 Å². The van der Waals surface area contributed by atoms with E-state index in [1.54, 1.807) is 4.90 Å². The van der Waals surface area contributed by atoms with Gasteiger partial charge in [0.1, 0.15) is 10.7 Å². The maximum atomic E-state index is 13.9. The molecule has 0 aromatic heterocycles. The average molecular weight is 314 g/mol. The van der Waals surface area contributed by atoms with E-state index in [1.807, 2.05) is 6.92 Å². The maximum Gasteiger partial charge on any atom is 0.254 e. The quantitative estimate of drug-likeness (QED) is 0.901. The topological polar surface area (TPSA) is 80.5 Å². The van der Waals surface area contributed by atoms with Gasteiger partial charge < -0.3 is 4.90 Å². The van der Waals surface area contributed by atoms with E-state index < -0.39 is 20.7 Å². The summed E-state index contributed by atoms with van der Waals surface area (Å²) < 4.78 is 36.7. The minimum absolute atomic E-state index is 0.0794. The molecule has 7 heteroatoms. The molecule has 5 nitrogen and oxygen atoms in total. The summed E-state index contributed by atoms with van der Waals surface area (Å²) in [6.07, 6.45) is 0.897. The fraction of sp³-hybridized carbons (Fsp3) is 0.500. The summed E-state index contributed by atoms with van der Waals surface area (Å²) in [5.41, 5.74) is 0.239. The monoisotopic (exact) mass is 314 g/mol. The van der Waals surface area contributed by atoms with Crippen LogP contribution in [0.5, 0.6) is 0 Å². The molecule has 2 unspecified atom stereocenters. The molecule has 2 atom stereocenters. The molecule has 1 aliphatic heterocycles. The smallest absolute Gasteiger partial charge is 0.254 e. The second-order valence-corrected chi connectivity index (χ2v) is 7.33. The molecule has 1 amide bonds. The Morgan fingerprint density at radius 1 is 1.38 bits per heavy atom. The Balaban J connectivity index is 2.46. The summed E-state index contributed by atoms with van der Waals surface area (Å²) in [6, 6.07) is 2.47. The van der Waals surface area contributed by atoms with Gasteiger partial charge in [0.15, 0.2) is 0 Å². The molecule has 2 N–H and O–H groups in total. The Labute approximate surface area is 124 Å². The standard InChI is InChI=1S/C14H19FN2O3S/c1-8-4-10(3)17(7-8)14(18)11-5-9(2)13(15)12(6-11)21(16,19)20/h5-6,8,10H,4,7H2,1-3H3,(H2,16,19,20).